The van der Waals surface area contributed by atoms with Gasteiger partial charge in [-0.05, 0) is 12.0 Å². The molecule has 0 saturated heterocycles. The van der Waals surface area contributed by atoms with Crippen molar-refractivity contribution in [1.82, 2.24) is 14.8 Å². The summed E-state index contributed by atoms with van der Waals surface area (Å²) in [6.07, 6.45) is 2.86. The van der Waals surface area contributed by atoms with E-state index < -0.39 is 5.60 Å². The molecule has 1 atom stereocenters. The fourth-order valence-corrected chi connectivity index (χ4v) is 2.13. The predicted octanol–water partition coefficient (Wildman–Crippen LogP) is 1.08. The Bertz CT molecular complexity index is 511. The van der Waals surface area contributed by atoms with E-state index in [-0.39, 0.29) is 6.54 Å². The number of nitrogens with zero attached hydrogens (tertiary/aromatic N) is 3. The van der Waals surface area contributed by atoms with Crippen LogP contribution in [-0.2, 0) is 18.6 Å². The first-order valence-corrected chi connectivity index (χ1v) is 6.54. The van der Waals surface area contributed by atoms with Crippen molar-refractivity contribution in [1.29, 1.82) is 0 Å². The van der Waals surface area contributed by atoms with Crippen LogP contribution in [0.25, 0.3) is 0 Å². The SMILES string of the molecule is CCCn1ncnc1CC(O)(CN)c1ccccc1. The van der Waals surface area contributed by atoms with Gasteiger partial charge >= 0.3 is 0 Å². The van der Waals surface area contributed by atoms with Gasteiger partial charge in [0, 0.05) is 19.5 Å². The van der Waals surface area contributed by atoms with Gasteiger partial charge in [0.1, 0.15) is 17.8 Å². The summed E-state index contributed by atoms with van der Waals surface area (Å²) in [6, 6.07) is 9.47. The van der Waals surface area contributed by atoms with Gasteiger partial charge in [-0.1, -0.05) is 37.3 Å². The van der Waals surface area contributed by atoms with Gasteiger partial charge in [-0.15, -0.1) is 0 Å². The second-order valence-corrected chi connectivity index (χ2v) is 4.68. The van der Waals surface area contributed by atoms with Gasteiger partial charge in [0.05, 0.1) is 0 Å². The minimum Gasteiger partial charge on any atom is -0.383 e. The number of hydrogen-bond acceptors (Lipinski definition) is 4. The third-order valence-corrected chi connectivity index (χ3v) is 3.23. The normalized spacial score (nSPS) is 14.3. The molecule has 0 radical (unpaired) electrons. The first-order chi connectivity index (χ1) is 9.19. The highest BCUT2D eigenvalue weighted by atomic mass is 16.3. The first-order valence-electron chi connectivity index (χ1n) is 6.54. The number of aliphatic hydroxyl groups is 1. The summed E-state index contributed by atoms with van der Waals surface area (Å²) in [6.45, 7) is 3.03. The van der Waals surface area contributed by atoms with Crippen LogP contribution in [0.1, 0.15) is 24.7 Å². The van der Waals surface area contributed by atoms with Crippen LogP contribution in [0.15, 0.2) is 36.7 Å². The molecule has 0 aliphatic carbocycles. The molecule has 0 aliphatic heterocycles. The molecular formula is C14H20N4O. The van der Waals surface area contributed by atoms with E-state index in [1.807, 2.05) is 35.0 Å². The Hall–Kier alpha value is -1.72. The Labute approximate surface area is 113 Å². The maximum atomic E-state index is 10.7. The van der Waals surface area contributed by atoms with Crippen molar-refractivity contribution < 1.29 is 5.11 Å². The smallest absolute Gasteiger partial charge is 0.138 e. The maximum Gasteiger partial charge on any atom is 0.138 e. The lowest BCUT2D eigenvalue weighted by molar-refractivity contribution is 0.0430. The van der Waals surface area contributed by atoms with E-state index in [9.17, 15) is 5.11 Å². The van der Waals surface area contributed by atoms with Crippen molar-refractivity contribution in [3.8, 4) is 0 Å². The molecule has 19 heavy (non-hydrogen) atoms. The van der Waals surface area contributed by atoms with Crippen molar-refractivity contribution in [3.63, 3.8) is 0 Å². The Kier molecular flexibility index (Phi) is 4.29. The highest BCUT2D eigenvalue weighted by Gasteiger charge is 2.29. The Morgan fingerprint density at radius 2 is 2.05 bits per heavy atom. The van der Waals surface area contributed by atoms with Gasteiger partial charge in [-0.3, -0.25) is 0 Å². The second kappa shape index (κ2) is 5.95. The Morgan fingerprint density at radius 3 is 2.68 bits per heavy atom. The number of aryl methyl sites for hydroxylation is 1. The topological polar surface area (TPSA) is 77.0 Å². The zero-order chi connectivity index (χ0) is 13.7. The summed E-state index contributed by atoms with van der Waals surface area (Å²) in [4.78, 5) is 4.23. The number of nitrogens with two attached hydrogens (primary N) is 1. The third kappa shape index (κ3) is 3.00. The summed E-state index contributed by atoms with van der Waals surface area (Å²) in [7, 11) is 0. The molecular weight excluding hydrogens is 240 g/mol. The summed E-state index contributed by atoms with van der Waals surface area (Å²) < 4.78 is 1.82. The van der Waals surface area contributed by atoms with E-state index in [0.29, 0.717) is 6.42 Å². The second-order valence-electron chi connectivity index (χ2n) is 4.68. The minimum atomic E-state index is -1.10. The lowest BCUT2D eigenvalue weighted by Gasteiger charge is -2.26. The largest absolute Gasteiger partial charge is 0.383 e. The van der Waals surface area contributed by atoms with E-state index in [1.54, 1.807) is 0 Å². The highest BCUT2D eigenvalue weighted by Crippen LogP contribution is 2.23. The molecule has 5 nitrogen and oxygen atoms in total. The monoisotopic (exact) mass is 260 g/mol. The van der Waals surface area contributed by atoms with Crippen molar-refractivity contribution in [2.45, 2.75) is 31.9 Å². The van der Waals surface area contributed by atoms with Gasteiger partial charge in [0.2, 0.25) is 0 Å². The fraction of sp³-hybridized carbons (Fsp3) is 0.429. The lowest BCUT2D eigenvalue weighted by atomic mass is 9.90. The van der Waals surface area contributed by atoms with Gasteiger partial charge in [0.25, 0.3) is 0 Å². The summed E-state index contributed by atoms with van der Waals surface area (Å²) in [5, 5.41) is 14.9. The van der Waals surface area contributed by atoms with Crippen LogP contribution in [0.5, 0.6) is 0 Å². The zero-order valence-electron chi connectivity index (χ0n) is 11.2. The summed E-state index contributed by atoms with van der Waals surface area (Å²) in [5.74, 6) is 0.763. The third-order valence-electron chi connectivity index (χ3n) is 3.23. The highest BCUT2D eigenvalue weighted by molar-refractivity contribution is 5.24. The van der Waals surface area contributed by atoms with Crippen molar-refractivity contribution in [2.75, 3.05) is 6.54 Å². The molecule has 5 heteroatoms. The molecule has 1 heterocycles. The number of benzene rings is 1. The molecule has 102 valence electrons. The number of rotatable bonds is 6. The van der Waals surface area contributed by atoms with Crippen molar-refractivity contribution in [2.24, 2.45) is 5.73 Å². The van der Waals surface area contributed by atoms with E-state index >= 15 is 0 Å². The molecule has 0 bridgehead atoms. The van der Waals surface area contributed by atoms with Crippen LogP contribution in [0.2, 0.25) is 0 Å². The van der Waals surface area contributed by atoms with Crippen LogP contribution in [-0.4, -0.2) is 26.4 Å². The van der Waals surface area contributed by atoms with Crippen LogP contribution in [0.4, 0.5) is 0 Å². The van der Waals surface area contributed by atoms with Gasteiger partial charge in [-0.2, -0.15) is 5.10 Å². The van der Waals surface area contributed by atoms with Crippen molar-refractivity contribution in [3.05, 3.63) is 48.0 Å². The molecule has 3 N–H and O–H groups in total. The molecule has 0 fully saturated rings. The molecule has 0 spiro atoms. The molecule has 2 aromatic rings. The minimum absolute atomic E-state index is 0.149. The van der Waals surface area contributed by atoms with Crippen LogP contribution >= 0.6 is 0 Å². The molecule has 1 unspecified atom stereocenters. The van der Waals surface area contributed by atoms with Crippen LogP contribution in [0.3, 0.4) is 0 Å². The maximum absolute atomic E-state index is 10.7. The molecule has 0 saturated carbocycles. The van der Waals surface area contributed by atoms with Crippen molar-refractivity contribution >= 4 is 0 Å². The standard InChI is InChI=1S/C14H20N4O/c1-2-8-18-13(16-11-17-18)9-14(19,10-15)12-6-4-3-5-7-12/h3-7,11,19H,2,8-10,15H2,1H3. The quantitative estimate of drug-likeness (QED) is 0.814. The van der Waals surface area contributed by atoms with Gasteiger partial charge in [0.15, 0.2) is 0 Å². The molecule has 0 amide bonds. The van der Waals surface area contributed by atoms with Crippen LogP contribution in [0, 0.1) is 0 Å². The van der Waals surface area contributed by atoms with E-state index in [1.165, 1.54) is 6.33 Å². The van der Waals surface area contributed by atoms with Gasteiger partial charge in [-0.25, -0.2) is 9.67 Å². The van der Waals surface area contributed by atoms with E-state index in [4.69, 9.17) is 5.73 Å². The average molecular weight is 260 g/mol. The number of hydrogen-bond donors (Lipinski definition) is 2. The van der Waals surface area contributed by atoms with E-state index in [0.717, 1.165) is 24.4 Å². The lowest BCUT2D eigenvalue weighted by Crippen LogP contribution is -2.38. The van der Waals surface area contributed by atoms with E-state index in [2.05, 4.69) is 17.0 Å². The molecule has 2 rings (SSSR count). The first kappa shape index (κ1) is 13.7. The fourth-order valence-electron chi connectivity index (χ4n) is 2.13. The summed E-state index contributed by atoms with van der Waals surface area (Å²) in [5.41, 5.74) is 5.48. The predicted molar refractivity (Wildman–Crippen MR) is 73.4 cm³/mol. The number of aromatic nitrogens is 3. The molecule has 0 aliphatic rings. The molecule has 1 aromatic carbocycles. The van der Waals surface area contributed by atoms with Crippen LogP contribution < -0.4 is 5.73 Å². The Morgan fingerprint density at radius 1 is 1.32 bits per heavy atom. The van der Waals surface area contributed by atoms with Gasteiger partial charge < -0.3 is 10.8 Å². The Balaban J connectivity index is 2.25. The molecule has 1 aromatic heterocycles. The summed E-state index contributed by atoms with van der Waals surface area (Å²) >= 11 is 0. The average Bonchev–Trinajstić information content (AvgIpc) is 2.87. The zero-order valence-corrected chi connectivity index (χ0v) is 11.2.